The Morgan fingerprint density at radius 3 is 2.65 bits per heavy atom. The van der Waals surface area contributed by atoms with E-state index in [-0.39, 0.29) is 0 Å². The molecule has 3 aliphatic carbocycles. The lowest BCUT2D eigenvalue weighted by Crippen LogP contribution is -2.35. The van der Waals surface area contributed by atoms with Crippen LogP contribution in [0.1, 0.15) is 68.2 Å². The van der Waals surface area contributed by atoms with Gasteiger partial charge in [-0.25, -0.2) is 0 Å². The lowest BCUT2D eigenvalue weighted by Gasteiger charge is -2.28. The van der Waals surface area contributed by atoms with Crippen LogP contribution in [0.5, 0.6) is 0 Å². The molecule has 0 aliphatic heterocycles. The van der Waals surface area contributed by atoms with Gasteiger partial charge in [0.1, 0.15) is 0 Å². The van der Waals surface area contributed by atoms with Crippen molar-refractivity contribution in [1.82, 2.24) is 5.32 Å². The van der Waals surface area contributed by atoms with Gasteiger partial charge in [0.15, 0.2) is 0 Å². The molecule has 4 atom stereocenters. The highest BCUT2D eigenvalue weighted by Gasteiger charge is 2.39. The SMILES string of the molecule is CC(NC1CC2CCC1C2)c1ccc2c(c1)CCCC2. The third kappa shape index (κ3) is 2.30. The molecule has 1 aromatic rings. The van der Waals surface area contributed by atoms with Crippen LogP contribution in [0, 0.1) is 11.8 Å². The van der Waals surface area contributed by atoms with Gasteiger partial charge in [0.2, 0.25) is 0 Å². The van der Waals surface area contributed by atoms with Gasteiger partial charge < -0.3 is 5.32 Å². The van der Waals surface area contributed by atoms with Crippen molar-refractivity contribution in [3.05, 3.63) is 34.9 Å². The second-order valence-electron chi connectivity index (χ2n) is 7.40. The van der Waals surface area contributed by atoms with E-state index in [0.717, 1.165) is 17.9 Å². The summed E-state index contributed by atoms with van der Waals surface area (Å²) in [5, 5.41) is 3.93. The summed E-state index contributed by atoms with van der Waals surface area (Å²) in [6.45, 7) is 2.36. The standard InChI is InChI=1S/C19H27N/c1-13(20-19-11-14-6-7-18(19)10-14)16-9-8-15-4-2-3-5-17(15)12-16/h8-9,12-14,18-20H,2-7,10-11H2,1H3. The smallest absolute Gasteiger partial charge is 0.0294 e. The van der Waals surface area contributed by atoms with Crippen LogP contribution < -0.4 is 5.32 Å². The van der Waals surface area contributed by atoms with E-state index in [1.54, 1.807) is 11.1 Å². The summed E-state index contributed by atoms with van der Waals surface area (Å²) in [6.07, 6.45) is 11.2. The van der Waals surface area contributed by atoms with Crippen molar-refractivity contribution < 1.29 is 0 Å². The normalized spacial score (nSPS) is 33.1. The van der Waals surface area contributed by atoms with E-state index in [1.807, 2.05) is 0 Å². The average Bonchev–Trinajstić information content (AvgIpc) is 3.09. The summed E-state index contributed by atoms with van der Waals surface area (Å²) >= 11 is 0. The van der Waals surface area contributed by atoms with Gasteiger partial charge in [-0.05, 0) is 80.4 Å². The van der Waals surface area contributed by atoms with Gasteiger partial charge in [-0.15, -0.1) is 0 Å². The first-order valence-corrected chi connectivity index (χ1v) is 8.67. The van der Waals surface area contributed by atoms with Crippen LogP contribution >= 0.6 is 0 Å². The minimum absolute atomic E-state index is 0.520. The Morgan fingerprint density at radius 1 is 1.05 bits per heavy atom. The molecule has 1 aromatic carbocycles. The maximum Gasteiger partial charge on any atom is 0.0294 e. The predicted octanol–water partition coefficient (Wildman–Crippen LogP) is 4.40. The monoisotopic (exact) mass is 269 g/mol. The molecule has 1 nitrogen and oxygen atoms in total. The molecule has 4 unspecified atom stereocenters. The van der Waals surface area contributed by atoms with E-state index in [2.05, 4.69) is 30.4 Å². The molecule has 4 rings (SSSR count). The van der Waals surface area contributed by atoms with Gasteiger partial charge in [0.05, 0.1) is 0 Å². The van der Waals surface area contributed by atoms with E-state index >= 15 is 0 Å². The second-order valence-corrected chi connectivity index (χ2v) is 7.40. The van der Waals surface area contributed by atoms with Crippen molar-refractivity contribution in [2.75, 3.05) is 0 Å². The van der Waals surface area contributed by atoms with Crippen LogP contribution in [-0.2, 0) is 12.8 Å². The molecule has 0 aromatic heterocycles. The zero-order valence-corrected chi connectivity index (χ0v) is 12.7. The molecule has 2 saturated carbocycles. The molecule has 108 valence electrons. The fraction of sp³-hybridized carbons (Fsp3) is 0.684. The first-order chi connectivity index (χ1) is 9.79. The molecule has 2 bridgehead atoms. The van der Waals surface area contributed by atoms with Crippen LogP contribution in [0.3, 0.4) is 0 Å². The number of benzene rings is 1. The van der Waals surface area contributed by atoms with Crippen LogP contribution in [0.15, 0.2) is 18.2 Å². The summed E-state index contributed by atoms with van der Waals surface area (Å²) in [6, 6.07) is 8.56. The van der Waals surface area contributed by atoms with Crippen molar-refractivity contribution in [2.24, 2.45) is 11.8 Å². The Balaban J connectivity index is 1.46. The molecular formula is C19H27N. The Hall–Kier alpha value is -0.820. The Labute approximate surface area is 123 Å². The van der Waals surface area contributed by atoms with Crippen LogP contribution in [0.2, 0.25) is 0 Å². The van der Waals surface area contributed by atoms with Crippen LogP contribution in [0.25, 0.3) is 0 Å². The summed E-state index contributed by atoms with van der Waals surface area (Å²) in [4.78, 5) is 0. The van der Waals surface area contributed by atoms with E-state index < -0.39 is 0 Å². The maximum atomic E-state index is 3.93. The fourth-order valence-corrected chi connectivity index (χ4v) is 4.89. The molecule has 1 N–H and O–H groups in total. The summed E-state index contributed by atoms with van der Waals surface area (Å²) in [5.41, 5.74) is 4.73. The topological polar surface area (TPSA) is 12.0 Å². The van der Waals surface area contributed by atoms with Crippen molar-refractivity contribution in [1.29, 1.82) is 0 Å². The molecule has 0 heterocycles. The Bertz CT molecular complexity index is 493. The fourth-order valence-electron chi connectivity index (χ4n) is 4.89. The molecule has 2 fully saturated rings. The van der Waals surface area contributed by atoms with Crippen LogP contribution in [0.4, 0.5) is 0 Å². The minimum Gasteiger partial charge on any atom is -0.307 e. The van der Waals surface area contributed by atoms with E-state index in [9.17, 15) is 0 Å². The largest absolute Gasteiger partial charge is 0.307 e. The quantitative estimate of drug-likeness (QED) is 0.857. The third-order valence-electron chi connectivity index (χ3n) is 6.07. The minimum atomic E-state index is 0.520. The first kappa shape index (κ1) is 12.9. The zero-order chi connectivity index (χ0) is 13.5. The second kappa shape index (κ2) is 5.18. The van der Waals surface area contributed by atoms with Gasteiger partial charge in [0, 0.05) is 12.1 Å². The molecule has 0 radical (unpaired) electrons. The number of hydrogen-bond donors (Lipinski definition) is 1. The summed E-state index contributed by atoms with van der Waals surface area (Å²) < 4.78 is 0. The number of fused-ring (bicyclic) bond motifs is 3. The van der Waals surface area contributed by atoms with Gasteiger partial charge in [-0.2, -0.15) is 0 Å². The van der Waals surface area contributed by atoms with Gasteiger partial charge in [-0.1, -0.05) is 24.6 Å². The van der Waals surface area contributed by atoms with Crippen molar-refractivity contribution >= 4 is 0 Å². The lowest BCUT2D eigenvalue weighted by atomic mass is 9.88. The molecule has 0 amide bonds. The van der Waals surface area contributed by atoms with Crippen molar-refractivity contribution in [2.45, 2.75) is 70.4 Å². The summed E-state index contributed by atoms with van der Waals surface area (Å²) in [7, 11) is 0. The highest BCUT2D eigenvalue weighted by molar-refractivity contribution is 5.35. The van der Waals surface area contributed by atoms with Crippen LogP contribution in [-0.4, -0.2) is 6.04 Å². The van der Waals surface area contributed by atoms with Gasteiger partial charge >= 0.3 is 0 Å². The van der Waals surface area contributed by atoms with Gasteiger partial charge in [-0.3, -0.25) is 0 Å². The van der Waals surface area contributed by atoms with Gasteiger partial charge in [0.25, 0.3) is 0 Å². The number of aryl methyl sites for hydroxylation is 2. The molecule has 20 heavy (non-hydrogen) atoms. The van der Waals surface area contributed by atoms with E-state index in [4.69, 9.17) is 0 Å². The molecule has 3 aliphatic rings. The Kier molecular flexibility index (Phi) is 3.34. The molecule has 0 spiro atoms. The predicted molar refractivity (Wildman–Crippen MR) is 83.9 cm³/mol. The van der Waals surface area contributed by atoms with E-state index in [0.29, 0.717) is 6.04 Å². The molecule has 0 saturated heterocycles. The van der Waals surface area contributed by atoms with Crippen molar-refractivity contribution in [3.63, 3.8) is 0 Å². The third-order valence-corrected chi connectivity index (χ3v) is 6.07. The highest BCUT2D eigenvalue weighted by Crippen LogP contribution is 2.45. The maximum absolute atomic E-state index is 3.93. The first-order valence-electron chi connectivity index (χ1n) is 8.67. The highest BCUT2D eigenvalue weighted by atomic mass is 15.0. The molecule has 1 heteroatoms. The number of rotatable bonds is 3. The number of hydrogen-bond acceptors (Lipinski definition) is 1. The number of nitrogens with one attached hydrogen (secondary N) is 1. The average molecular weight is 269 g/mol. The molecular weight excluding hydrogens is 242 g/mol. The van der Waals surface area contributed by atoms with Crippen molar-refractivity contribution in [3.8, 4) is 0 Å². The zero-order valence-electron chi connectivity index (χ0n) is 12.7. The lowest BCUT2D eigenvalue weighted by molar-refractivity contribution is 0.327. The Morgan fingerprint density at radius 2 is 1.90 bits per heavy atom. The van der Waals surface area contributed by atoms with E-state index in [1.165, 1.54) is 56.9 Å². The summed E-state index contributed by atoms with van der Waals surface area (Å²) in [5.74, 6) is 2.01.